The molecule has 0 fully saturated rings. The van der Waals surface area contributed by atoms with Crippen LogP contribution in [0.15, 0.2) is 95.7 Å². The fourth-order valence-corrected chi connectivity index (χ4v) is 4.00. The van der Waals surface area contributed by atoms with Crippen LogP contribution in [0.2, 0.25) is 0 Å². The van der Waals surface area contributed by atoms with Crippen LogP contribution in [0, 0.1) is 6.92 Å². The molecule has 4 heteroatoms. The number of amides is 1. The summed E-state index contributed by atoms with van der Waals surface area (Å²) in [4.78, 5) is 13.1. The normalized spacial score (nSPS) is 15.2. The minimum Gasteiger partial charge on any atom is -0.342 e. The average molecular weight is 406 g/mol. The van der Waals surface area contributed by atoms with Crippen molar-refractivity contribution < 1.29 is 4.79 Å². The van der Waals surface area contributed by atoms with Crippen LogP contribution in [0.3, 0.4) is 0 Å². The van der Waals surface area contributed by atoms with Gasteiger partial charge in [0, 0.05) is 29.2 Å². The monoisotopic (exact) mass is 405 g/mol. The second kappa shape index (κ2) is 7.73. The van der Waals surface area contributed by atoms with Crippen molar-refractivity contribution in [2.45, 2.75) is 20.4 Å². The molecule has 4 aromatic rings. The SMILES string of the molecule is CC1=NN(c2ccccc2)C(=O)/C1=C/c1cn(Cc2ccc(C)cc2)c2ccccc12. The number of aryl methyl sites for hydroxylation is 1. The molecule has 0 spiro atoms. The van der Waals surface area contributed by atoms with Gasteiger partial charge < -0.3 is 4.57 Å². The lowest BCUT2D eigenvalue weighted by Gasteiger charge is -2.10. The van der Waals surface area contributed by atoms with Crippen molar-refractivity contribution in [1.29, 1.82) is 0 Å². The Balaban J connectivity index is 1.53. The van der Waals surface area contributed by atoms with E-state index in [-0.39, 0.29) is 5.91 Å². The second-order valence-electron chi connectivity index (χ2n) is 7.91. The van der Waals surface area contributed by atoms with Crippen LogP contribution < -0.4 is 5.01 Å². The lowest BCUT2D eigenvalue weighted by Crippen LogP contribution is -2.21. The highest BCUT2D eigenvalue weighted by molar-refractivity contribution is 6.32. The summed E-state index contributed by atoms with van der Waals surface area (Å²) >= 11 is 0. The summed E-state index contributed by atoms with van der Waals surface area (Å²) in [7, 11) is 0. The van der Waals surface area contributed by atoms with Crippen molar-refractivity contribution in [2.24, 2.45) is 5.10 Å². The highest BCUT2D eigenvalue weighted by Gasteiger charge is 2.28. The Morgan fingerprint density at radius 1 is 0.871 bits per heavy atom. The fourth-order valence-electron chi connectivity index (χ4n) is 4.00. The van der Waals surface area contributed by atoms with E-state index in [2.05, 4.69) is 65.3 Å². The maximum atomic E-state index is 13.1. The fraction of sp³-hybridized carbons (Fsp3) is 0.111. The van der Waals surface area contributed by atoms with E-state index in [0.29, 0.717) is 5.57 Å². The van der Waals surface area contributed by atoms with Gasteiger partial charge in [-0.3, -0.25) is 4.79 Å². The first-order chi connectivity index (χ1) is 15.1. The number of rotatable bonds is 4. The van der Waals surface area contributed by atoms with Crippen LogP contribution in [0.4, 0.5) is 5.69 Å². The summed E-state index contributed by atoms with van der Waals surface area (Å²) < 4.78 is 2.24. The molecule has 0 unspecified atom stereocenters. The first-order valence-electron chi connectivity index (χ1n) is 10.4. The molecule has 1 amide bonds. The molecule has 31 heavy (non-hydrogen) atoms. The molecule has 4 nitrogen and oxygen atoms in total. The summed E-state index contributed by atoms with van der Waals surface area (Å²) in [6.45, 7) is 4.76. The van der Waals surface area contributed by atoms with Gasteiger partial charge in [-0.2, -0.15) is 10.1 Å². The number of benzene rings is 3. The smallest absolute Gasteiger partial charge is 0.280 e. The van der Waals surface area contributed by atoms with Crippen LogP contribution in [0.1, 0.15) is 23.6 Å². The minimum absolute atomic E-state index is 0.0981. The molecule has 5 rings (SSSR count). The van der Waals surface area contributed by atoms with E-state index in [1.54, 1.807) is 0 Å². The van der Waals surface area contributed by atoms with Gasteiger partial charge >= 0.3 is 0 Å². The second-order valence-corrected chi connectivity index (χ2v) is 7.91. The van der Waals surface area contributed by atoms with Crippen LogP contribution in [-0.2, 0) is 11.3 Å². The quantitative estimate of drug-likeness (QED) is 0.395. The van der Waals surface area contributed by atoms with Crippen LogP contribution in [0.5, 0.6) is 0 Å². The number of hydrazone groups is 1. The molecule has 1 aliphatic rings. The number of aromatic nitrogens is 1. The van der Waals surface area contributed by atoms with Crippen molar-refractivity contribution in [1.82, 2.24) is 4.57 Å². The molecular formula is C27H23N3O. The summed E-state index contributed by atoms with van der Waals surface area (Å²) in [5.41, 5.74) is 6.80. The van der Waals surface area contributed by atoms with E-state index in [1.165, 1.54) is 16.1 Å². The van der Waals surface area contributed by atoms with Crippen molar-refractivity contribution in [3.05, 3.63) is 107 Å². The zero-order valence-electron chi connectivity index (χ0n) is 17.6. The van der Waals surface area contributed by atoms with Gasteiger partial charge in [0.1, 0.15) is 0 Å². The number of carbonyl (C=O) groups excluding carboxylic acids is 1. The zero-order valence-corrected chi connectivity index (χ0v) is 17.6. The summed E-state index contributed by atoms with van der Waals surface area (Å²) in [6.07, 6.45) is 4.10. The van der Waals surface area contributed by atoms with Crippen molar-refractivity contribution in [3.8, 4) is 0 Å². The van der Waals surface area contributed by atoms with Gasteiger partial charge in [-0.25, -0.2) is 0 Å². The van der Waals surface area contributed by atoms with E-state index in [4.69, 9.17) is 0 Å². The lowest BCUT2D eigenvalue weighted by atomic mass is 10.1. The molecule has 1 aliphatic heterocycles. The average Bonchev–Trinajstić information content (AvgIpc) is 3.28. The summed E-state index contributed by atoms with van der Waals surface area (Å²) in [5, 5.41) is 7.11. The molecule has 0 saturated carbocycles. The minimum atomic E-state index is -0.0981. The molecule has 0 bridgehead atoms. The highest BCUT2D eigenvalue weighted by atomic mass is 16.2. The predicted octanol–water partition coefficient (Wildman–Crippen LogP) is 5.80. The Morgan fingerprint density at radius 3 is 2.35 bits per heavy atom. The number of anilines is 1. The van der Waals surface area contributed by atoms with E-state index in [0.717, 1.165) is 34.4 Å². The Bertz CT molecular complexity index is 1330. The van der Waals surface area contributed by atoms with Gasteiger partial charge in [-0.05, 0) is 43.7 Å². The Hall–Kier alpha value is -3.92. The molecule has 0 aliphatic carbocycles. The third-order valence-electron chi connectivity index (χ3n) is 5.66. The molecule has 2 heterocycles. The number of para-hydroxylation sites is 2. The van der Waals surface area contributed by atoms with Crippen LogP contribution >= 0.6 is 0 Å². The van der Waals surface area contributed by atoms with Gasteiger partial charge in [-0.1, -0.05) is 66.2 Å². The van der Waals surface area contributed by atoms with Crippen molar-refractivity contribution in [3.63, 3.8) is 0 Å². The maximum absolute atomic E-state index is 13.1. The van der Waals surface area contributed by atoms with Gasteiger partial charge in [0.25, 0.3) is 5.91 Å². The van der Waals surface area contributed by atoms with E-state index >= 15 is 0 Å². The molecule has 0 atom stereocenters. The lowest BCUT2D eigenvalue weighted by molar-refractivity contribution is -0.114. The molecule has 0 radical (unpaired) electrons. The molecular weight excluding hydrogens is 382 g/mol. The van der Waals surface area contributed by atoms with E-state index < -0.39 is 0 Å². The standard InChI is InChI=1S/C27H23N3O/c1-19-12-14-21(15-13-19)17-29-18-22(24-10-6-7-11-26(24)29)16-25-20(2)28-30(27(25)31)23-8-4-3-5-9-23/h3-16,18H,17H2,1-2H3/b25-16+. The Kier molecular flexibility index (Phi) is 4.75. The van der Waals surface area contributed by atoms with Gasteiger partial charge in [0.05, 0.1) is 17.0 Å². The van der Waals surface area contributed by atoms with Gasteiger partial charge in [0.15, 0.2) is 0 Å². The van der Waals surface area contributed by atoms with Crippen molar-refractivity contribution >= 4 is 34.3 Å². The predicted molar refractivity (Wildman–Crippen MR) is 127 cm³/mol. The number of carbonyl (C=O) groups is 1. The highest BCUT2D eigenvalue weighted by Crippen LogP contribution is 2.28. The number of hydrogen-bond acceptors (Lipinski definition) is 2. The van der Waals surface area contributed by atoms with Crippen molar-refractivity contribution in [2.75, 3.05) is 5.01 Å². The Labute approximate surface area is 181 Å². The Morgan fingerprint density at radius 2 is 1.58 bits per heavy atom. The topological polar surface area (TPSA) is 37.6 Å². The first kappa shape index (κ1) is 19.1. The third-order valence-corrected chi connectivity index (χ3v) is 5.66. The van der Waals surface area contributed by atoms with Crippen LogP contribution in [0.25, 0.3) is 17.0 Å². The molecule has 152 valence electrons. The third kappa shape index (κ3) is 3.57. The number of fused-ring (bicyclic) bond motifs is 1. The largest absolute Gasteiger partial charge is 0.342 e. The maximum Gasteiger partial charge on any atom is 0.280 e. The zero-order chi connectivity index (χ0) is 21.4. The van der Waals surface area contributed by atoms with Crippen LogP contribution in [-0.4, -0.2) is 16.2 Å². The molecule has 1 aromatic heterocycles. The van der Waals surface area contributed by atoms with E-state index in [9.17, 15) is 4.79 Å². The van der Waals surface area contributed by atoms with E-state index in [1.807, 2.05) is 49.4 Å². The number of nitrogens with zero attached hydrogens (tertiary/aromatic N) is 3. The van der Waals surface area contributed by atoms with Gasteiger partial charge in [-0.15, -0.1) is 0 Å². The summed E-state index contributed by atoms with van der Waals surface area (Å²) in [6, 6.07) is 26.5. The summed E-state index contributed by atoms with van der Waals surface area (Å²) in [5.74, 6) is -0.0981. The first-order valence-corrected chi connectivity index (χ1v) is 10.4. The number of hydrogen-bond donors (Lipinski definition) is 0. The van der Waals surface area contributed by atoms with Gasteiger partial charge in [0.2, 0.25) is 0 Å². The molecule has 0 N–H and O–H groups in total. The molecule has 3 aromatic carbocycles. The molecule has 0 saturated heterocycles.